The van der Waals surface area contributed by atoms with E-state index in [2.05, 4.69) is 0 Å². The highest BCUT2D eigenvalue weighted by Gasteiger charge is 2.30. The fourth-order valence-corrected chi connectivity index (χ4v) is 1.64. The third-order valence-corrected chi connectivity index (χ3v) is 2.46. The van der Waals surface area contributed by atoms with Crippen LogP contribution >= 0.6 is 0 Å². The first-order valence-electron chi connectivity index (χ1n) is 4.87. The summed E-state index contributed by atoms with van der Waals surface area (Å²) in [5.41, 5.74) is -0.366. The lowest BCUT2D eigenvalue weighted by atomic mass is 9.91. The highest BCUT2D eigenvalue weighted by molar-refractivity contribution is 5.21. The van der Waals surface area contributed by atoms with Gasteiger partial charge in [-0.2, -0.15) is 0 Å². The number of hydrogen-bond acceptors (Lipinski definition) is 5. The highest BCUT2D eigenvalue weighted by atomic mass is 16.6. The molecule has 0 aromatic carbocycles. The Labute approximate surface area is 91.4 Å². The molecule has 0 amide bonds. The Kier molecular flexibility index (Phi) is 4.12. The zero-order valence-corrected chi connectivity index (χ0v) is 8.54. The molecule has 0 saturated carbocycles. The van der Waals surface area contributed by atoms with Crippen LogP contribution in [0.4, 0.5) is 0 Å². The first-order valence-corrected chi connectivity index (χ1v) is 4.87. The van der Waals surface area contributed by atoms with Crippen LogP contribution in [0.3, 0.4) is 0 Å². The minimum Gasteiger partial charge on any atom is -0.396 e. The molecule has 0 aliphatic heterocycles. The average molecular weight is 228 g/mol. The molecule has 7 nitrogen and oxygen atoms in total. The van der Waals surface area contributed by atoms with Gasteiger partial charge in [-0.05, 0) is 25.3 Å². The number of nitrogens with zero attached hydrogens (tertiary/aromatic N) is 2. The first-order chi connectivity index (χ1) is 7.56. The van der Waals surface area contributed by atoms with Crippen molar-refractivity contribution in [3.63, 3.8) is 0 Å². The molecule has 1 N–H and O–H groups in total. The summed E-state index contributed by atoms with van der Waals surface area (Å²) >= 11 is 0. The first kappa shape index (κ1) is 12.3. The van der Waals surface area contributed by atoms with Crippen molar-refractivity contribution in [1.29, 1.82) is 0 Å². The number of aliphatic hydroxyl groups is 1. The Morgan fingerprint density at radius 1 is 1.38 bits per heavy atom. The van der Waals surface area contributed by atoms with Crippen LogP contribution in [0.15, 0.2) is 23.5 Å². The van der Waals surface area contributed by atoms with Crippen LogP contribution in [0, 0.1) is 26.1 Å². The van der Waals surface area contributed by atoms with Gasteiger partial charge in [0.05, 0.1) is 21.8 Å². The lowest BCUT2D eigenvalue weighted by Gasteiger charge is -2.14. The van der Waals surface area contributed by atoms with Gasteiger partial charge in [-0.15, -0.1) is 0 Å². The topological polar surface area (TPSA) is 107 Å². The van der Waals surface area contributed by atoms with E-state index in [1.807, 2.05) is 0 Å². The van der Waals surface area contributed by atoms with Gasteiger partial charge in [-0.25, -0.2) is 0 Å². The number of aliphatic hydroxyl groups excluding tert-OH is 1. The van der Waals surface area contributed by atoms with Gasteiger partial charge in [0, 0.05) is 6.61 Å². The summed E-state index contributed by atoms with van der Waals surface area (Å²) in [6.07, 6.45) is 3.59. The number of allylic oxidation sites excluding steroid dienone is 3. The summed E-state index contributed by atoms with van der Waals surface area (Å²) in [6, 6.07) is 0. The van der Waals surface area contributed by atoms with E-state index >= 15 is 0 Å². The smallest absolute Gasteiger partial charge is 0.272 e. The summed E-state index contributed by atoms with van der Waals surface area (Å²) in [6.45, 7) is -0.0344. The third-order valence-electron chi connectivity index (χ3n) is 2.46. The summed E-state index contributed by atoms with van der Waals surface area (Å²) in [5.74, 6) is -0.342. The molecule has 0 radical (unpaired) electrons. The molecular formula is C9H12N2O5. The van der Waals surface area contributed by atoms with Gasteiger partial charge in [-0.1, -0.05) is 0 Å². The summed E-state index contributed by atoms with van der Waals surface area (Å²) in [5, 5.41) is 29.8. The fourth-order valence-electron chi connectivity index (χ4n) is 1.64. The van der Waals surface area contributed by atoms with Gasteiger partial charge in [0.1, 0.15) is 0 Å². The van der Waals surface area contributed by atoms with Crippen LogP contribution in [-0.4, -0.2) is 21.6 Å². The SMILES string of the molecule is O=[N+]([O-])C1=CCC(CCCO)C([N+](=O)[O-])=C1. The molecule has 1 rings (SSSR count). The Morgan fingerprint density at radius 2 is 2.06 bits per heavy atom. The van der Waals surface area contributed by atoms with Crippen LogP contribution in [0.25, 0.3) is 0 Å². The molecule has 0 heterocycles. The van der Waals surface area contributed by atoms with E-state index in [-0.39, 0.29) is 30.3 Å². The largest absolute Gasteiger partial charge is 0.396 e. The van der Waals surface area contributed by atoms with Crippen molar-refractivity contribution >= 4 is 0 Å². The Bertz CT molecular complexity index is 361. The maximum absolute atomic E-state index is 10.7. The molecule has 1 aliphatic carbocycles. The molecular weight excluding hydrogens is 216 g/mol. The second-order valence-electron chi connectivity index (χ2n) is 3.51. The summed E-state index contributed by atoms with van der Waals surface area (Å²) in [4.78, 5) is 20.0. The minimum absolute atomic E-state index is 0.0344. The fraction of sp³-hybridized carbons (Fsp3) is 0.556. The van der Waals surface area contributed by atoms with Gasteiger partial charge in [0.2, 0.25) is 0 Å². The molecule has 0 aromatic heterocycles. The zero-order chi connectivity index (χ0) is 12.1. The molecule has 7 heteroatoms. The molecule has 0 spiro atoms. The van der Waals surface area contributed by atoms with Crippen LogP contribution in [0.1, 0.15) is 19.3 Å². The van der Waals surface area contributed by atoms with Crippen molar-refractivity contribution in [2.24, 2.45) is 5.92 Å². The van der Waals surface area contributed by atoms with Crippen molar-refractivity contribution < 1.29 is 15.0 Å². The number of rotatable bonds is 5. The zero-order valence-electron chi connectivity index (χ0n) is 8.54. The van der Waals surface area contributed by atoms with Gasteiger partial charge in [0.15, 0.2) is 0 Å². The Morgan fingerprint density at radius 3 is 2.56 bits per heavy atom. The Balaban J connectivity index is 2.83. The third kappa shape index (κ3) is 2.86. The van der Waals surface area contributed by atoms with E-state index in [9.17, 15) is 20.2 Å². The minimum atomic E-state index is -0.633. The van der Waals surface area contributed by atoms with Crippen molar-refractivity contribution in [3.8, 4) is 0 Å². The van der Waals surface area contributed by atoms with E-state index in [1.54, 1.807) is 0 Å². The van der Waals surface area contributed by atoms with Gasteiger partial charge in [0.25, 0.3) is 11.4 Å². The summed E-state index contributed by atoms with van der Waals surface area (Å²) < 4.78 is 0. The van der Waals surface area contributed by atoms with E-state index in [1.165, 1.54) is 6.08 Å². The van der Waals surface area contributed by atoms with Crippen molar-refractivity contribution in [1.82, 2.24) is 0 Å². The van der Waals surface area contributed by atoms with E-state index in [4.69, 9.17) is 5.11 Å². The number of nitro groups is 2. The van der Waals surface area contributed by atoms with Crippen LogP contribution in [-0.2, 0) is 0 Å². The number of hydrogen-bond donors (Lipinski definition) is 1. The standard InChI is InChI=1S/C9H12N2O5/c12-5-1-2-7-3-4-8(10(13)14)6-9(7)11(15)16/h4,6-7,12H,1-3,5H2. The molecule has 0 saturated heterocycles. The molecule has 16 heavy (non-hydrogen) atoms. The van der Waals surface area contributed by atoms with E-state index in [0.29, 0.717) is 12.8 Å². The predicted octanol–water partition coefficient (Wildman–Crippen LogP) is 1.10. The molecule has 0 bridgehead atoms. The molecule has 1 aliphatic rings. The van der Waals surface area contributed by atoms with Crippen LogP contribution in [0.5, 0.6) is 0 Å². The maximum atomic E-state index is 10.7. The monoisotopic (exact) mass is 228 g/mol. The second-order valence-corrected chi connectivity index (χ2v) is 3.51. The lowest BCUT2D eigenvalue weighted by molar-refractivity contribution is -0.443. The van der Waals surface area contributed by atoms with Crippen LogP contribution < -0.4 is 0 Å². The van der Waals surface area contributed by atoms with Crippen LogP contribution in [0.2, 0.25) is 0 Å². The summed E-state index contributed by atoms with van der Waals surface area (Å²) in [7, 11) is 0. The molecule has 1 unspecified atom stereocenters. The average Bonchev–Trinajstić information content (AvgIpc) is 2.25. The molecule has 1 atom stereocenters. The van der Waals surface area contributed by atoms with Gasteiger partial charge < -0.3 is 5.11 Å². The molecule has 88 valence electrons. The predicted molar refractivity (Wildman–Crippen MR) is 54.6 cm³/mol. The molecule has 0 aromatic rings. The highest BCUT2D eigenvalue weighted by Crippen LogP contribution is 2.28. The second kappa shape index (κ2) is 5.36. The van der Waals surface area contributed by atoms with Gasteiger partial charge in [-0.3, -0.25) is 20.2 Å². The van der Waals surface area contributed by atoms with Gasteiger partial charge >= 0.3 is 0 Å². The van der Waals surface area contributed by atoms with Crippen molar-refractivity contribution in [3.05, 3.63) is 43.8 Å². The quantitative estimate of drug-likeness (QED) is 0.560. The normalized spacial score (nSPS) is 19.9. The Hall–Kier alpha value is -1.76. The molecule has 0 fully saturated rings. The van der Waals surface area contributed by atoms with Crippen molar-refractivity contribution in [2.45, 2.75) is 19.3 Å². The van der Waals surface area contributed by atoms with E-state index < -0.39 is 9.85 Å². The maximum Gasteiger partial charge on any atom is 0.272 e. The van der Waals surface area contributed by atoms with E-state index in [0.717, 1.165) is 6.08 Å². The van der Waals surface area contributed by atoms with Crippen molar-refractivity contribution in [2.75, 3.05) is 6.61 Å². The lowest BCUT2D eigenvalue weighted by Crippen LogP contribution is -2.17.